The van der Waals surface area contributed by atoms with Crippen molar-refractivity contribution in [1.29, 1.82) is 0 Å². The van der Waals surface area contributed by atoms with Gasteiger partial charge in [0, 0.05) is 31.3 Å². The Balaban J connectivity index is 1.72. The number of thiol groups is 1. The molecule has 2 rings (SSSR count). The van der Waals surface area contributed by atoms with Crippen LogP contribution < -0.4 is 0 Å². The standard InChI is InChI=1S/C10H18N2OS/c13-10-7-9(14)8-12(10)6-5-11-3-1-2-4-11/h9,14H,1-8H2. The number of nitrogens with zero attached hydrogens (tertiary/aromatic N) is 2. The van der Waals surface area contributed by atoms with E-state index in [1.54, 1.807) is 0 Å². The first-order valence-electron chi connectivity index (χ1n) is 5.44. The molecule has 14 heavy (non-hydrogen) atoms. The molecule has 0 aromatic heterocycles. The van der Waals surface area contributed by atoms with E-state index in [4.69, 9.17) is 0 Å². The Hall–Kier alpha value is -0.220. The van der Waals surface area contributed by atoms with Crippen LogP contribution in [0.3, 0.4) is 0 Å². The largest absolute Gasteiger partial charge is 0.340 e. The van der Waals surface area contributed by atoms with Gasteiger partial charge in [0.2, 0.25) is 5.91 Å². The van der Waals surface area contributed by atoms with Crippen molar-refractivity contribution in [3.05, 3.63) is 0 Å². The van der Waals surface area contributed by atoms with Crippen molar-refractivity contribution >= 4 is 18.5 Å². The fourth-order valence-electron chi connectivity index (χ4n) is 2.24. The third-order valence-corrected chi connectivity index (χ3v) is 3.42. The molecule has 4 heteroatoms. The van der Waals surface area contributed by atoms with Crippen LogP contribution in [0, 0.1) is 0 Å². The van der Waals surface area contributed by atoms with E-state index in [0.29, 0.717) is 6.42 Å². The van der Waals surface area contributed by atoms with E-state index in [1.165, 1.54) is 25.9 Å². The third kappa shape index (κ3) is 2.42. The fraction of sp³-hybridized carbons (Fsp3) is 0.900. The topological polar surface area (TPSA) is 23.6 Å². The Morgan fingerprint density at radius 2 is 2.00 bits per heavy atom. The van der Waals surface area contributed by atoms with Crippen molar-refractivity contribution in [2.45, 2.75) is 24.5 Å². The molecule has 2 saturated heterocycles. The highest BCUT2D eigenvalue weighted by Gasteiger charge is 2.27. The van der Waals surface area contributed by atoms with Crippen molar-refractivity contribution < 1.29 is 4.79 Å². The highest BCUT2D eigenvalue weighted by atomic mass is 32.1. The first-order valence-corrected chi connectivity index (χ1v) is 5.95. The lowest BCUT2D eigenvalue weighted by Crippen LogP contribution is -2.34. The van der Waals surface area contributed by atoms with Gasteiger partial charge in [0.15, 0.2) is 0 Å². The predicted octanol–water partition coefficient (Wildman–Crippen LogP) is 0.613. The van der Waals surface area contributed by atoms with Crippen LogP contribution in [0.15, 0.2) is 0 Å². The highest BCUT2D eigenvalue weighted by molar-refractivity contribution is 7.81. The molecule has 3 nitrogen and oxygen atoms in total. The molecule has 0 spiro atoms. The molecule has 80 valence electrons. The zero-order valence-electron chi connectivity index (χ0n) is 8.48. The number of likely N-dealkylation sites (tertiary alicyclic amines) is 2. The quantitative estimate of drug-likeness (QED) is 0.696. The van der Waals surface area contributed by atoms with Crippen molar-refractivity contribution in [2.24, 2.45) is 0 Å². The van der Waals surface area contributed by atoms with Crippen molar-refractivity contribution in [1.82, 2.24) is 9.80 Å². The lowest BCUT2D eigenvalue weighted by molar-refractivity contribution is -0.127. The van der Waals surface area contributed by atoms with Gasteiger partial charge in [0.1, 0.15) is 0 Å². The minimum atomic E-state index is 0.265. The van der Waals surface area contributed by atoms with Gasteiger partial charge in [-0.05, 0) is 25.9 Å². The molecule has 0 aliphatic carbocycles. The zero-order valence-corrected chi connectivity index (χ0v) is 9.38. The number of carbonyl (C=O) groups is 1. The van der Waals surface area contributed by atoms with Crippen LogP contribution in [0.2, 0.25) is 0 Å². The van der Waals surface area contributed by atoms with Gasteiger partial charge in [0.05, 0.1) is 0 Å². The maximum Gasteiger partial charge on any atom is 0.223 e. The van der Waals surface area contributed by atoms with E-state index in [2.05, 4.69) is 17.5 Å². The predicted molar refractivity (Wildman–Crippen MR) is 59.6 cm³/mol. The molecule has 2 heterocycles. The van der Waals surface area contributed by atoms with Crippen molar-refractivity contribution in [2.75, 3.05) is 32.7 Å². The first-order chi connectivity index (χ1) is 6.75. The van der Waals surface area contributed by atoms with E-state index < -0.39 is 0 Å². The van der Waals surface area contributed by atoms with Crippen molar-refractivity contribution in [3.63, 3.8) is 0 Å². The molecule has 0 N–H and O–H groups in total. The van der Waals surface area contributed by atoms with Gasteiger partial charge in [-0.3, -0.25) is 4.79 Å². The number of hydrogen-bond donors (Lipinski definition) is 1. The van der Waals surface area contributed by atoms with Gasteiger partial charge in [-0.1, -0.05) is 0 Å². The summed E-state index contributed by atoms with van der Waals surface area (Å²) in [6.07, 6.45) is 3.27. The molecule has 1 unspecified atom stereocenters. The molecule has 2 aliphatic heterocycles. The summed E-state index contributed by atoms with van der Waals surface area (Å²) in [7, 11) is 0. The number of amides is 1. The van der Waals surface area contributed by atoms with Gasteiger partial charge in [0.25, 0.3) is 0 Å². The van der Waals surface area contributed by atoms with Gasteiger partial charge >= 0.3 is 0 Å². The van der Waals surface area contributed by atoms with Crippen LogP contribution >= 0.6 is 12.6 Å². The summed E-state index contributed by atoms with van der Waals surface area (Å²) in [4.78, 5) is 15.8. The lowest BCUT2D eigenvalue weighted by atomic mass is 10.4. The minimum Gasteiger partial charge on any atom is -0.340 e. The number of hydrogen-bond acceptors (Lipinski definition) is 3. The summed E-state index contributed by atoms with van der Waals surface area (Å²) in [6, 6.07) is 0. The summed E-state index contributed by atoms with van der Waals surface area (Å²) in [5, 5.41) is 0.265. The van der Waals surface area contributed by atoms with E-state index in [9.17, 15) is 4.79 Å². The van der Waals surface area contributed by atoms with Crippen LogP contribution in [0.25, 0.3) is 0 Å². The second-order valence-corrected chi connectivity index (χ2v) is 4.98. The second kappa shape index (κ2) is 4.53. The zero-order chi connectivity index (χ0) is 9.97. The van der Waals surface area contributed by atoms with E-state index in [1.807, 2.05) is 4.90 Å². The van der Waals surface area contributed by atoms with Gasteiger partial charge in [-0.2, -0.15) is 12.6 Å². The van der Waals surface area contributed by atoms with Crippen LogP contribution in [-0.2, 0) is 4.79 Å². The van der Waals surface area contributed by atoms with Crippen LogP contribution in [0.5, 0.6) is 0 Å². The fourth-order valence-corrected chi connectivity index (χ4v) is 2.59. The normalized spacial score (nSPS) is 29.1. The van der Waals surface area contributed by atoms with E-state index in [-0.39, 0.29) is 11.2 Å². The Labute approximate surface area is 90.8 Å². The molecule has 2 fully saturated rings. The summed E-state index contributed by atoms with van der Waals surface area (Å²) < 4.78 is 0. The van der Waals surface area contributed by atoms with Crippen LogP contribution in [-0.4, -0.2) is 53.7 Å². The molecule has 0 aromatic carbocycles. The molecule has 0 bridgehead atoms. The van der Waals surface area contributed by atoms with E-state index >= 15 is 0 Å². The van der Waals surface area contributed by atoms with Gasteiger partial charge in [-0.25, -0.2) is 0 Å². The monoisotopic (exact) mass is 214 g/mol. The number of rotatable bonds is 3. The minimum absolute atomic E-state index is 0.265. The molecule has 0 aromatic rings. The Kier molecular flexibility index (Phi) is 3.34. The Morgan fingerprint density at radius 3 is 2.57 bits per heavy atom. The summed E-state index contributed by atoms with van der Waals surface area (Å²) in [5.74, 6) is 0.282. The molecular formula is C10H18N2OS. The van der Waals surface area contributed by atoms with E-state index in [0.717, 1.165) is 19.6 Å². The smallest absolute Gasteiger partial charge is 0.223 e. The van der Waals surface area contributed by atoms with Crippen LogP contribution in [0.4, 0.5) is 0 Å². The maximum atomic E-state index is 11.4. The molecular weight excluding hydrogens is 196 g/mol. The Morgan fingerprint density at radius 1 is 1.29 bits per heavy atom. The maximum absolute atomic E-state index is 11.4. The van der Waals surface area contributed by atoms with Crippen LogP contribution in [0.1, 0.15) is 19.3 Å². The van der Waals surface area contributed by atoms with Crippen molar-refractivity contribution in [3.8, 4) is 0 Å². The second-order valence-electron chi connectivity index (χ2n) is 4.25. The molecule has 0 radical (unpaired) electrons. The molecule has 0 saturated carbocycles. The average molecular weight is 214 g/mol. The number of carbonyl (C=O) groups excluding carboxylic acids is 1. The first kappa shape index (κ1) is 10.3. The lowest BCUT2D eigenvalue weighted by Gasteiger charge is -2.20. The van der Waals surface area contributed by atoms with Gasteiger partial charge < -0.3 is 9.80 Å². The third-order valence-electron chi connectivity index (χ3n) is 3.08. The molecule has 1 atom stereocenters. The average Bonchev–Trinajstić information content (AvgIpc) is 2.72. The Bertz CT molecular complexity index is 216. The molecule has 2 aliphatic rings. The summed E-state index contributed by atoms with van der Waals surface area (Å²) in [5.41, 5.74) is 0. The highest BCUT2D eigenvalue weighted by Crippen LogP contribution is 2.16. The summed E-state index contributed by atoms with van der Waals surface area (Å²) >= 11 is 4.34. The van der Waals surface area contributed by atoms with Gasteiger partial charge in [-0.15, -0.1) is 0 Å². The molecule has 1 amide bonds. The SMILES string of the molecule is O=C1CC(S)CN1CCN1CCCC1. The summed E-state index contributed by atoms with van der Waals surface area (Å²) in [6.45, 7) is 5.22.